The summed E-state index contributed by atoms with van der Waals surface area (Å²) in [5, 5.41) is 8.92. The van der Waals surface area contributed by atoms with Crippen molar-refractivity contribution in [3.05, 3.63) is 34.5 Å². The summed E-state index contributed by atoms with van der Waals surface area (Å²) in [7, 11) is 0. The van der Waals surface area contributed by atoms with E-state index in [1.165, 1.54) is 0 Å². The summed E-state index contributed by atoms with van der Waals surface area (Å²) in [5.74, 6) is -0.976. The summed E-state index contributed by atoms with van der Waals surface area (Å²) in [6, 6.07) is 1.84. The minimum absolute atomic E-state index is 0.153. The highest BCUT2D eigenvalue weighted by atomic mass is 32.2. The van der Waals surface area contributed by atoms with E-state index in [9.17, 15) is 18.0 Å². The minimum Gasteiger partial charge on any atom is -0.481 e. The molecular formula is C12H9F3N2O2S2. The summed E-state index contributed by atoms with van der Waals surface area (Å²) in [6.45, 7) is 1.67. The summed E-state index contributed by atoms with van der Waals surface area (Å²) < 4.78 is 38.3. The van der Waals surface area contributed by atoms with Crippen molar-refractivity contribution < 1.29 is 23.1 Å². The quantitative estimate of drug-likeness (QED) is 0.925. The molecule has 0 aliphatic carbocycles. The predicted molar refractivity (Wildman–Crippen MR) is 71.6 cm³/mol. The molecule has 2 heterocycles. The summed E-state index contributed by atoms with van der Waals surface area (Å²) in [4.78, 5) is 19.3. The van der Waals surface area contributed by atoms with Crippen LogP contribution in [0.1, 0.15) is 16.1 Å². The van der Waals surface area contributed by atoms with Crippen molar-refractivity contribution in [1.29, 1.82) is 0 Å². The predicted octanol–water partition coefficient (Wildman–Crippen LogP) is 3.64. The van der Waals surface area contributed by atoms with E-state index in [-0.39, 0.29) is 11.4 Å². The topological polar surface area (TPSA) is 63.1 Å². The molecule has 0 aliphatic heterocycles. The number of carbonyl (C=O) groups is 1. The van der Waals surface area contributed by atoms with Gasteiger partial charge in [-0.3, -0.25) is 4.79 Å². The third-order valence-corrected chi connectivity index (χ3v) is 4.59. The fraction of sp³-hybridized carbons (Fsp3) is 0.250. The smallest absolute Gasteiger partial charge is 0.416 e. The number of halogens is 3. The van der Waals surface area contributed by atoms with E-state index in [4.69, 9.17) is 5.11 Å². The Hall–Kier alpha value is -1.61. The van der Waals surface area contributed by atoms with Crippen molar-refractivity contribution in [3.8, 4) is 0 Å². The van der Waals surface area contributed by atoms with Crippen LogP contribution in [0.2, 0.25) is 0 Å². The first-order valence-electron chi connectivity index (χ1n) is 5.65. The van der Waals surface area contributed by atoms with Gasteiger partial charge in [0.1, 0.15) is 5.03 Å². The Kier molecular flexibility index (Phi) is 4.52. The van der Waals surface area contributed by atoms with E-state index in [1.54, 1.807) is 6.92 Å². The number of hydrogen-bond acceptors (Lipinski definition) is 5. The van der Waals surface area contributed by atoms with E-state index < -0.39 is 17.7 Å². The summed E-state index contributed by atoms with van der Waals surface area (Å²) >= 11 is 2.13. The standard InChI is InChI=1S/C12H9F3N2O2S2/c1-6-8(5-10(18)19)20-11(17-6)21-9-4-7(2-3-16-9)12(13,14)15/h2-4H,5H2,1H3,(H,18,19). The zero-order chi connectivity index (χ0) is 15.6. The van der Waals surface area contributed by atoms with Gasteiger partial charge in [0.05, 0.1) is 17.7 Å². The molecule has 0 amide bonds. The molecule has 9 heteroatoms. The van der Waals surface area contributed by atoms with Crippen molar-refractivity contribution in [2.75, 3.05) is 0 Å². The van der Waals surface area contributed by atoms with Crippen LogP contribution in [-0.2, 0) is 17.4 Å². The molecule has 2 aromatic rings. The van der Waals surface area contributed by atoms with Crippen molar-refractivity contribution in [1.82, 2.24) is 9.97 Å². The van der Waals surface area contributed by atoms with Gasteiger partial charge in [-0.2, -0.15) is 13.2 Å². The molecule has 0 atom stereocenters. The van der Waals surface area contributed by atoms with Crippen molar-refractivity contribution in [3.63, 3.8) is 0 Å². The lowest BCUT2D eigenvalue weighted by Gasteiger charge is -2.06. The first-order chi connectivity index (χ1) is 9.75. The van der Waals surface area contributed by atoms with Crippen LogP contribution >= 0.6 is 23.1 Å². The van der Waals surface area contributed by atoms with E-state index in [0.29, 0.717) is 14.9 Å². The largest absolute Gasteiger partial charge is 0.481 e. The van der Waals surface area contributed by atoms with E-state index >= 15 is 0 Å². The highest BCUT2D eigenvalue weighted by molar-refractivity contribution is 8.01. The van der Waals surface area contributed by atoms with E-state index in [1.807, 2.05) is 0 Å². The molecule has 0 radical (unpaired) electrons. The maximum absolute atomic E-state index is 12.6. The number of pyridine rings is 1. The molecule has 0 unspecified atom stereocenters. The molecule has 4 nitrogen and oxygen atoms in total. The first kappa shape index (κ1) is 15.8. The highest BCUT2D eigenvalue weighted by Crippen LogP contribution is 2.35. The van der Waals surface area contributed by atoms with Gasteiger partial charge in [0.15, 0.2) is 4.34 Å². The molecule has 2 rings (SSSR count). The average Bonchev–Trinajstić information content (AvgIpc) is 2.68. The van der Waals surface area contributed by atoms with Gasteiger partial charge in [0, 0.05) is 11.1 Å². The second-order valence-corrected chi connectivity index (χ2v) is 6.39. The maximum atomic E-state index is 12.6. The van der Waals surface area contributed by atoms with Crippen LogP contribution in [0.25, 0.3) is 0 Å². The number of aliphatic carboxylic acids is 1. The molecule has 0 saturated heterocycles. The molecule has 0 aliphatic rings. The number of thiazole rings is 1. The van der Waals surface area contributed by atoms with Gasteiger partial charge in [0.25, 0.3) is 0 Å². The molecular weight excluding hydrogens is 325 g/mol. The monoisotopic (exact) mass is 334 g/mol. The molecule has 0 saturated carbocycles. The van der Waals surface area contributed by atoms with Gasteiger partial charge in [-0.25, -0.2) is 9.97 Å². The fourth-order valence-corrected chi connectivity index (χ4v) is 3.65. The normalized spacial score (nSPS) is 11.6. The van der Waals surface area contributed by atoms with Crippen LogP contribution in [0.5, 0.6) is 0 Å². The van der Waals surface area contributed by atoms with Gasteiger partial charge in [0.2, 0.25) is 0 Å². The lowest BCUT2D eigenvalue weighted by molar-refractivity contribution is -0.138. The number of carboxylic acid groups (broad SMARTS) is 1. The third-order valence-electron chi connectivity index (χ3n) is 2.44. The Bertz CT molecular complexity index is 671. The average molecular weight is 334 g/mol. The van der Waals surface area contributed by atoms with Gasteiger partial charge < -0.3 is 5.11 Å². The molecule has 0 spiro atoms. The van der Waals surface area contributed by atoms with Crippen molar-refractivity contribution >= 4 is 29.1 Å². The zero-order valence-electron chi connectivity index (χ0n) is 10.6. The molecule has 0 bridgehead atoms. The lowest BCUT2D eigenvalue weighted by Crippen LogP contribution is -2.04. The van der Waals surface area contributed by atoms with Gasteiger partial charge in [-0.05, 0) is 30.8 Å². The van der Waals surface area contributed by atoms with Crippen molar-refractivity contribution in [2.45, 2.75) is 28.9 Å². The second kappa shape index (κ2) is 6.02. The Morgan fingerprint density at radius 1 is 1.48 bits per heavy atom. The van der Waals surface area contributed by atoms with Gasteiger partial charge >= 0.3 is 12.1 Å². The Balaban J connectivity index is 2.21. The summed E-state index contributed by atoms with van der Waals surface area (Å²) in [6.07, 6.45) is -3.49. The molecule has 0 aromatic carbocycles. The van der Waals surface area contributed by atoms with Crippen LogP contribution in [0, 0.1) is 6.92 Å². The van der Waals surface area contributed by atoms with E-state index in [2.05, 4.69) is 9.97 Å². The van der Waals surface area contributed by atoms with E-state index in [0.717, 1.165) is 41.4 Å². The number of carboxylic acids is 1. The molecule has 1 N–H and O–H groups in total. The number of aromatic nitrogens is 2. The number of aryl methyl sites for hydroxylation is 1. The SMILES string of the molecule is Cc1nc(Sc2cc(C(F)(F)F)ccn2)sc1CC(=O)O. The fourth-order valence-electron chi connectivity index (χ4n) is 1.48. The van der Waals surface area contributed by atoms with Crippen LogP contribution in [0.4, 0.5) is 13.2 Å². The maximum Gasteiger partial charge on any atom is 0.416 e. The van der Waals surface area contributed by atoms with Crippen LogP contribution in [-0.4, -0.2) is 21.0 Å². The van der Waals surface area contributed by atoms with Gasteiger partial charge in [-0.1, -0.05) is 0 Å². The number of rotatable bonds is 4. The summed E-state index contributed by atoms with van der Waals surface area (Å²) in [5.41, 5.74) is -0.212. The molecule has 2 aromatic heterocycles. The van der Waals surface area contributed by atoms with Crippen LogP contribution < -0.4 is 0 Å². The van der Waals surface area contributed by atoms with Crippen LogP contribution in [0.3, 0.4) is 0 Å². The minimum atomic E-state index is -4.43. The Morgan fingerprint density at radius 3 is 2.81 bits per heavy atom. The molecule has 112 valence electrons. The third kappa shape index (κ3) is 4.18. The Labute approximate surface area is 126 Å². The molecule has 21 heavy (non-hydrogen) atoms. The lowest BCUT2D eigenvalue weighted by atomic mass is 10.3. The molecule has 0 fully saturated rings. The van der Waals surface area contributed by atoms with Gasteiger partial charge in [-0.15, -0.1) is 11.3 Å². The zero-order valence-corrected chi connectivity index (χ0v) is 12.3. The Morgan fingerprint density at radius 2 is 2.19 bits per heavy atom. The first-order valence-corrected chi connectivity index (χ1v) is 7.28. The second-order valence-electron chi connectivity index (χ2n) is 4.04. The van der Waals surface area contributed by atoms with Crippen LogP contribution in [0.15, 0.2) is 27.7 Å². The number of hydrogen-bond donors (Lipinski definition) is 1. The number of alkyl halides is 3. The number of nitrogens with zero attached hydrogens (tertiary/aromatic N) is 2. The highest BCUT2D eigenvalue weighted by Gasteiger charge is 2.30. The van der Waals surface area contributed by atoms with Crippen molar-refractivity contribution in [2.24, 2.45) is 0 Å².